The van der Waals surface area contributed by atoms with E-state index in [-0.39, 0.29) is 17.8 Å². The van der Waals surface area contributed by atoms with E-state index < -0.39 is 0 Å². The summed E-state index contributed by atoms with van der Waals surface area (Å²) in [6, 6.07) is 5.42. The Morgan fingerprint density at radius 1 is 1.39 bits per heavy atom. The molecule has 1 heterocycles. The van der Waals surface area contributed by atoms with Gasteiger partial charge in [-0.3, -0.25) is 4.79 Å². The van der Waals surface area contributed by atoms with Crippen molar-refractivity contribution in [3.63, 3.8) is 0 Å². The van der Waals surface area contributed by atoms with E-state index >= 15 is 0 Å². The van der Waals surface area contributed by atoms with Gasteiger partial charge < -0.3 is 9.30 Å². The van der Waals surface area contributed by atoms with Gasteiger partial charge in [0, 0.05) is 18.2 Å². The maximum absolute atomic E-state index is 12.0. The number of hydrogen-bond acceptors (Lipinski definition) is 5. The van der Waals surface area contributed by atoms with Crippen LogP contribution in [-0.2, 0) is 16.1 Å². The van der Waals surface area contributed by atoms with Crippen molar-refractivity contribution >= 4 is 45.2 Å². The molecule has 0 radical (unpaired) electrons. The molecule has 1 aromatic carbocycles. The Kier molecular flexibility index (Phi) is 6.01. The number of thiazole rings is 1. The second-order valence-electron chi connectivity index (χ2n) is 5.31. The highest BCUT2D eigenvalue weighted by molar-refractivity contribution is 7.98. The molecule has 2 aromatic rings. The number of hydrogen-bond donors (Lipinski definition) is 0. The van der Waals surface area contributed by atoms with Gasteiger partial charge in [-0.25, -0.2) is 4.79 Å². The number of ether oxygens (including phenoxy) is 1. The van der Waals surface area contributed by atoms with E-state index in [9.17, 15) is 9.59 Å². The first-order chi connectivity index (χ1) is 11.0. The van der Waals surface area contributed by atoms with Gasteiger partial charge in [0.15, 0.2) is 4.80 Å². The molecule has 0 unspecified atom stereocenters. The maximum atomic E-state index is 12.0. The molecule has 0 N–H and O–H groups in total. The Morgan fingerprint density at radius 2 is 2.13 bits per heavy atom. The highest BCUT2D eigenvalue weighted by Crippen LogP contribution is 2.20. The Hall–Kier alpha value is -1.60. The lowest BCUT2D eigenvalue weighted by Gasteiger charge is -2.05. The van der Waals surface area contributed by atoms with Gasteiger partial charge in [-0.05, 0) is 24.5 Å². The molecule has 23 heavy (non-hydrogen) atoms. The SMILES string of the molecule is COC(=O)c1ccc2c(c1)sc(=NC(=O)C(C)C)n2CCSC. The lowest BCUT2D eigenvalue weighted by Crippen LogP contribution is -2.19. The minimum Gasteiger partial charge on any atom is -0.465 e. The smallest absolute Gasteiger partial charge is 0.337 e. The number of aromatic nitrogens is 1. The van der Waals surface area contributed by atoms with Crippen LogP contribution in [-0.4, -0.2) is 35.6 Å². The quantitative estimate of drug-likeness (QED) is 0.776. The van der Waals surface area contributed by atoms with Crippen LogP contribution in [0.1, 0.15) is 24.2 Å². The van der Waals surface area contributed by atoms with Gasteiger partial charge in [0.1, 0.15) is 0 Å². The molecule has 0 spiro atoms. The zero-order chi connectivity index (χ0) is 17.0. The second-order valence-corrected chi connectivity index (χ2v) is 7.30. The molecular formula is C16H20N2O3S2. The summed E-state index contributed by atoms with van der Waals surface area (Å²) >= 11 is 3.16. The largest absolute Gasteiger partial charge is 0.465 e. The van der Waals surface area contributed by atoms with Crippen molar-refractivity contribution in [1.29, 1.82) is 0 Å². The fourth-order valence-electron chi connectivity index (χ4n) is 2.03. The van der Waals surface area contributed by atoms with Crippen LogP contribution in [0, 0.1) is 5.92 Å². The standard InChI is InChI=1S/C16H20N2O3S2/c1-10(2)14(19)17-16-18(7-8-22-4)12-6-5-11(15(20)21-3)9-13(12)23-16/h5-6,9-10H,7-8H2,1-4H3. The molecule has 2 rings (SSSR count). The monoisotopic (exact) mass is 352 g/mol. The number of benzene rings is 1. The summed E-state index contributed by atoms with van der Waals surface area (Å²) in [5.74, 6) is 0.281. The Balaban J connectivity index is 2.60. The van der Waals surface area contributed by atoms with Gasteiger partial charge in [-0.2, -0.15) is 16.8 Å². The number of esters is 1. The highest BCUT2D eigenvalue weighted by Gasteiger charge is 2.12. The summed E-state index contributed by atoms with van der Waals surface area (Å²) in [7, 11) is 1.36. The zero-order valence-electron chi connectivity index (χ0n) is 13.7. The molecule has 1 aromatic heterocycles. The minimum absolute atomic E-state index is 0.136. The number of methoxy groups -OCH3 is 1. The average molecular weight is 352 g/mol. The Labute approximate surface area is 143 Å². The van der Waals surface area contributed by atoms with Crippen LogP contribution < -0.4 is 4.80 Å². The molecular weight excluding hydrogens is 332 g/mol. The summed E-state index contributed by atoms with van der Waals surface area (Å²) in [6.45, 7) is 4.43. The van der Waals surface area contributed by atoms with E-state index in [2.05, 4.69) is 4.99 Å². The van der Waals surface area contributed by atoms with E-state index in [1.54, 1.807) is 23.9 Å². The lowest BCUT2D eigenvalue weighted by atomic mass is 10.2. The second kappa shape index (κ2) is 7.79. The number of amides is 1. The Bertz CT molecular complexity index is 790. The van der Waals surface area contributed by atoms with Gasteiger partial charge in [-0.1, -0.05) is 25.2 Å². The highest BCUT2D eigenvalue weighted by atomic mass is 32.2. The van der Waals surface area contributed by atoms with Crippen LogP contribution >= 0.6 is 23.1 Å². The topological polar surface area (TPSA) is 60.7 Å². The predicted molar refractivity (Wildman–Crippen MR) is 94.9 cm³/mol. The van der Waals surface area contributed by atoms with Crippen molar-refractivity contribution < 1.29 is 14.3 Å². The van der Waals surface area contributed by atoms with Crippen LogP contribution in [0.15, 0.2) is 23.2 Å². The van der Waals surface area contributed by atoms with E-state index in [0.717, 1.165) is 22.5 Å². The third kappa shape index (κ3) is 4.03. The van der Waals surface area contributed by atoms with Crippen molar-refractivity contribution in [2.24, 2.45) is 10.9 Å². The minimum atomic E-state index is -0.368. The van der Waals surface area contributed by atoms with Gasteiger partial charge >= 0.3 is 5.97 Å². The number of carbonyl (C=O) groups excluding carboxylic acids is 2. The van der Waals surface area contributed by atoms with E-state index in [1.807, 2.05) is 30.7 Å². The Morgan fingerprint density at radius 3 is 2.74 bits per heavy atom. The van der Waals surface area contributed by atoms with Gasteiger partial charge in [0.25, 0.3) is 5.91 Å². The van der Waals surface area contributed by atoms with E-state index in [0.29, 0.717) is 10.4 Å². The van der Waals surface area contributed by atoms with Gasteiger partial charge in [-0.15, -0.1) is 0 Å². The van der Waals surface area contributed by atoms with Crippen LogP contribution in [0.4, 0.5) is 0 Å². The molecule has 0 aliphatic carbocycles. The van der Waals surface area contributed by atoms with Crippen molar-refractivity contribution in [3.8, 4) is 0 Å². The first-order valence-corrected chi connectivity index (χ1v) is 9.48. The number of fused-ring (bicyclic) bond motifs is 1. The van der Waals surface area contributed by atoms with E-state index in [1.165, 1.54) is 18.4 Å². The maximum Gasteiger partial charge on any atom is 0.337 e. The molecule has 0 aliphatic rings. The predicted octanol–water partition coefficient (Wildman–Crippen LogP) is 2.94. The molecule has 7 heteroatoms. The van der Waals surface area contributed by atoms with Crippen molar-refractivity contribution in [2.45, 2.75) is 20.4 Å². The number of rotatable bonds is 5. The number of thioether (sulfide) groups is 1. The summed E-state index contributed by atoms with van der Waals surface area (Å²) in [4.78, 5) is 28.6. The van der Waals surface area contributed by atoms with Crippen LogP contribution in [0.3, 0.4) is 0 Å². The molecule has 0 fully saturated rings. The van der Waals surface area contributed by atoms with Crippen molar-refractivity contribution in [1.82, 2.24) is 4.57 Å². The molecule has 0 saturated carbocycles. The summed E-state index contributed by atoms with van der Waals surface area (Å²) < 4.78 is 7.72. The van der Waals surface area contributed by atoms with E-state index in [4.69, 9.17) is 4.74 Å². The third-order valence-corrected chi connectivity index (χ3v) is 4.95. The van der Waals surface area contributed by atoms with Gasteiger partial charge in [0.05, 0.1) is 22.9 Å². The fraction of sp³-hybridized carbons (Fsp3) is 0.438. The third-order valence-electron chi connectivity index (χ3n) is 3.32. The first-order valence-electron chi connectivity index (χ1n) is 7.27. The normalized spacial score (nSPS) is 12.1. The number of nitrogens with zero attached hydrogens (tertiary/aromatic N) is 2. The molecule has 124 valence electrons. The fourth-order valence-corrected chi connectivity index (χ4v) is 3.49. The molecule has 0 bridgehead atoms. The van der Waals surface area contributed by atoms with Crippen molar-refractivity contribution in [3.05, 3.63) is 28.6 Å². The van der Waals surface area contributed by atoms with Gasteiger partial charge in [0.2, 0.25) is 0 Å². The molecule has 5 nitrogen and oxygen atoms in total. The van der Waals surface area contributed by atoms with Crippen LogP contribution in [0.5, 0.6) is 0 Å². The number of carbonyl (C=O) groups is 2. The summed E-state index contributed by atoms with van der Waals surface area (Å²) in [5, 5.41) is 0. The zero-order valence-corrected chi connectivity index (χ0v) is 15.3. The van der Waals surface area contributed by atoms with Crippen LogP contribution in [0.25, 0.3) is 10.2 Å². The lowest BCUT2D eigenvalue weighted by molar-refractivity contribution is -0.120. The van der Waals surface area contributed by atoms with Crippen LogP contribution in [0.2, 0.25) is 0 Å². The molecule has 0 atom stereocenters. The number of aryl methyl sites for hydroxylation is 1. The molecule has 1 amide bonds. The molecule has 0 saturated heterocycles. The first kappa shape index (κ1) is 17.7. The molecule has 0 aliphatic heterocycles. The summed E-state index contributed by atoms with van der Waals surface area (Å²) in [6.07, 6.45) is 2.04. The van der Waals surface area contributed by atoms with Crippen molar-refractivity contribution in [2.75, 3.05) is 19.1 Å². The summed E-state index contributed by atoms with van der Waals surface area (Å²) in [5.41, 5.74) is 1.48. The average Bonchev–Trinajstić information content (AvgIpc) is 2.88.